The second kappa shape index (κ2) is 5.85. The summed E-state index contributed by atoms with van der Waals surface area (Å²) in [5.41, 5.74) is 6.76. The lowest BCUT2D eigenvalue weighted by molar-refractivity contribution is 0.335. The maximum absolute atomic E-state index is 5.49. The molecule has 1 aromatic carbocycles. The molecule has 0 spiro atoms. The van der Waals surface area contributed by atoms with E-state index in [1.54, 1.807) is 0 Å². The third-order valence-corrected chi connectivity index (χ3v) is 3.23. The molecule has 0 aliphatic rings. The van der Waals surface area contributed by atoms with Crippen LogP contribution in [0.4, 0.5) is 0 Å². The molecule has 2 nitrogen and oxygen atoms in total. The molecule has 1 aromatic rings. The van der Waals surface area contributed by atoms with Crippen molar-refractivity contribution in [1.82, 2.24) is 4.90 Å². The number of hydrogen-bond donors (Lipinski definition) is 1. The second-order valence-corrected chi connectivity index (χ2v) is 5.03. The maximum Gasteiger partial charge on any atom is 0.0242 e. The summed E-state index contributed by atoms with van der Waals surface area (Å²) < 4.78 is 2.25. The van der Waals surface area contributed by atoms with E-state index >= 15 is 0 Å². The predicted octanol–water partition coefficient (Wildman–Crippen LogP) is 2.60. The van der Waals surface area contributed by atoms with E-state index in [0.29, 0.717) is 6.54 Å². The van der Waals surface area contributed by atoms with Crippen molar-refractivity contribution in [3.8, 4) is 0 Å². The van der Waals surface area contributed by atoms with Crippen LogP contribution < -0.4 is 5.73 Å². The standard InChI is InChI=1S/C10H14Br2N2/c1-14(5-4-13)7-8-6-9(11)2-3-10(8)12/h2-3,6H,4-5,7,13H2,1H3. The van der Waals surface area contributed by atoms with Crippen molar-refractivity contribution in [2.75, 3.05) is 20.1 Å². The number of benzene rings is 1. The van der Waals surface area contributed by atoms with E-state index in [2.05, 4.69) is 55.9 Å². The van der Waals surface area contributed by atoms with Crippen molar-refractivity contribution in [3.05, 3.63) is 32.7 Å². The summed E-state index contributed by atoms with van der Waals surface area (Å²) in [7, 11) is 2.07. The van der Waals surface area contributed by atoms with Gasteiger partial charge in [-0.25, -0.2) is 0 Å². The van der Waals surface area contributed by atoms with Crippen molar-refractivity contribution in [1.29, 1.82) is 0 Å². The highest BCUT2D eigenvalue weighted by molar-refractivity contribution is 9.11. The number of nitrogens with zero attached hydrogens (tertiary/aromatic N) is 1. The van der Waals surface area contributed by atoms with Crippen LogP contribution in [0.1, 0.15) is 5.56 Å². The summed E-state index contributed by atoms with van der Waals surface area (Å²) in [5.74, 6) is 0. The van der Waals surface area contributed by atoms with Gasteiger partial charge in [0.25, 0.3) is 0 Å². The summed E-state index contributed by atoms with van der Waals surface area (Å²) in [4.78, 5) is 2.20. The van der Waals surface area contributed by atoms with Gasteiger partial charge in [0, 0.05) is 28.6 Å². The predicted molar refractivity (Wildman–Crippen MR) is 67.2 cm³/mol. The third kappa shape index (κ3) is 3.69. The summed E-state index contributed by atoms with van der Waals surface area (Å²) >= 11 is 6.99. The van der Waals surface area contributed by atoms with Gasteiger partial charge in [0.2, 0.25) is 0 Å². The van der Waals surface area contributed by atoms with E-state index in [4.69, 9.17) is 5.73 Å². The van der Waals surface area contributed by atoms with E-state index in [1.807, 2.05) is 6.07 Å². The van der Waals surface area contributed by atoms with Crippen LogP contribution in [0.3, 0.4) is 0 Å². The summed E-state index contributed by atoms with van der Waals surface area (Å²) in [6.07, 6.45) is 0. The summed E-state index contributed by atoms with van der Waals surface area (Å²) in [6, 6.07) is 6.20. The molecule has 0 aliphatic heterocycles. The van der Waals surface area contributed by atoms with E-state index in [9.17, 15) is 0 Å². The van der Waals surface area contributed by atoms with E-state index < -0.39 is 0 Å². The average molecular weight is 322 g/mol. The van der Waals surface area contributed by atoms with E-state index in [0.717, 1.165) is 22.0 Å². The molecule has 0 amide bonds. The topological polar surface area (TPSA) is 29.3 Å². The lowest BCUT2D eigenvalue weighted by atomic mass is 10.2. The minimum atomic E-state index is 0.697. The molecule has 0 bridgehead atoms. The number of likely N-dealkylation sites (N-methyl/N-ethyl adjacent to an activating group) is 1. The van der Waals surface area contributed by atoms with E-state index in [-0.39, 0.29) is 0 Å². The normalized spacial score (nSPS) is 10.9. The largest absolute Gasteiger partial charge is 0.329 e. The molecule has 0 unspecified atom stereocenters. The molecule has 0 heterocycles. The van der Waals surface area contributed by atoms with Crippen molar-refractivity contribution >= 4 is 31.9 Å². The van der Waals surface area contributed by atoms with Gasteiger partial charge in [0.05, 0.1) is 0 Å². The van der Waals surface area contributed by atoms with Gasteiger partial charge in [-0.2, -0.15) is 0 Å². The fraction of sp³-hybridized carbons (Fsp3) is 0.400. The molecule has 0 saturated heterocycles. The Kier molecular flexibility index (Phi) is 5.09. The van der Waals surface area contributed by atoms with Crippen LogP contribution in [-0.4, -0.2) is 25.0 Å². The molecule has 0 atom stereocenters. The molecule has 0 aliphatic carbocycles. The Hall–Kier alpha value is 0.1000. The Bertz CT molecular complexity index is 302. The SMILES string of the molecule is CN(CCN)Cc1cc(Br)ccc1Br. The van der Waals surface area contributed by atoms with Crippen molar-refractivity contribution in [2.24, 2.45) is 5.73 Å². The number of rotatable bonds is 4. The molecule has 2 N–H and O–H groups in total. The molecule has 0 aromatic heterocycles. The van der Waals surface area contributed by atoms with Gasteiger partial charge >= 0.3 is 0 Å². The highest BCUT2D eigenvalue weighted by Crippen LogP contribution is 2.22. The Labute approximate surface area is 102 Å². The molecule has 14 heavy (non-hydrogen) atoms. The molecule has 0 radical (unpaired) electrons. The zero-order chi connectivity index (χ0) is 10.6. The first kappa shape index (κ1) is 12.2. The number of halogens is 2. The minimum Gasteiger partial charge on any atom is -0.329 e. The number of hydrogen-bond acceptors (Lipinski definition) is 2. The Morgan fingerprint density at radius 2 is 2.07 bits per heavy atom. The smallest absolute Gasteiger partial charge is 0.0242 e. The Morgan fingerprint density at radius 3 is 2.71 bits per heavy atom. The van der Waals surface area contributed by atoms with Crippen LogP contribution in [0.5, 0.6) is 0 Å². The lowest BCUT2D eigenvalue weighted by Crippen LogP contribution is -2.25. The van der Waals surface area contributed by atoms with Crippen LogP contribution in [-0.2, 0) is 6.54 Å². The van der Waals surface area contributed by atoms with Gasteiger partial charge in [0.1, 0.15) is 0 Å². The van der Waals surface area contributed by atoms with Gasteiger partial charge in [-0.05, 0) is 30.8 Å². The zero-order valence-corrected chi connectivity index (χ0v) is 11.3. The van der Waals surface area contributed by atoms with Gasteiger partial charge in [-0.15, -0.1) is 0 Å². The average Bonchev–Trinajstić information content (AvgIpc) is 2.12. The number of nitrogens with two attached hydrogens (primary N) is 1. The van der Waals surface area contributed by atoms with Crippen molar-refractivity contribution < 1.29 is 0 Å². The first-order chi connectivity index (χ1) is 6.63. The molecular formula is C10H14Br2N2. The summed E-state index contributed by atoms with van der Waals surface area (Å²) in [6.45, 7) is 2.53. The molecule has 4 heteroatoms. The first-order valence-electron chi connectivity index (χ1n) is 4.46. The van der Waals surface area contributed by atoms with Gasteiger partial charge in [0.15, 0.2) is 0 Å². The molecule has 0 saturated carbocycles. The zero-order valence-electron chi connectivity index (χ0n) is 8.13. The first-order valence-corrected chi connectivity index (χ1v) is 6.04. The quantitative estimate of drug-likeness (QED) is 0.923. The van der Waals surface area contributed by atoms with Crippen LogP contribution >= 0.6 is 31.9 Å². The minimum absolute atomic E-state index is 0.697. The van der Waals surface area contributed by atoms with Gasteiger partial charge in [-0.1, -0.05) is 31.9 Å². The fourth-order valence-electron chi connectivity index (χ4n) is 1.25. The highest BCUT2D eigenvalue weighted by Gasteiger charge is 2.03. The van der Waals surface area contributed by atoms with Crippen LogP contribution in [0.2, 0.25) is 0 Å². The third-order valence-electron chi connectivity index (χ3n) is 1.96. The fourth-order valence-corrected chi connectivity index (χ4v) is 2.04. The lowest BCUT2D eigenvalue weighted by Gasteiger charge is -2.16. The van der Waals surface area contributed by atoms with Crippen LogP contribution in [0, 0.1) is 0 Å². The van der Waals surface area contributed by atoms with Gasteiger partial charge < -0.3 is 10.6 Å². The molecule has 78 valence electrons. The Morgan fingerprint density at radius 1 is 1.36 bits per heavy atom. The maximum atomic E-state index is 5.49. The monoisotopic (exact) mass is 320 g/mol. The van der Waals surface area contributed by atoms with Crippen LogP contribution in [0.25, 0.3) is 0 Å². The van der Waals surface area contributed by atoms with Gasteiger partial charge in [-0.3, -0.25) is 0 Å². The Balaban J connectivity index is 2.70. The van der Waals surface area contributed by atoms with Crippen molar-refractivity contribution in [2.45, 2.75) is 6.54 Å². The summed E-state index contributed by atoms with van der Waals surface area (Å²) in [5, 5.41) is 0. The van der Waals surface area contributed by atoms with Crippen LogP contribution in [0.15, 0.2) is 27.1 Å². The molecule has 0 fully saturated rings. The second-order valence-electron chi connectivity index (χ2n) is 3.26. The van der Waals surface area contributed by atoms with Crippen molar-refractivity contribution in [3.63, 3.8) is 0 Å². The molecule has 1 rings (SSSR count). The van der Waals surface area contributed by atoms with E-state index in [1.165, 1.54) is 5.56 Å². The highest BCUT2D eigenvalue weighted by atomic mass is 79.9. The molecular weight excluding hydrogens is 308 g/mol.